The molecular weight excluding hydrogens is 459 g/mol. The molecule has 0 radical (unpaired) electrons. The molecule has 1 heterocycles. The molecule has 0 aliphatic carbocycles. The standard InChI is InChI=1S/C21H24BrFN2O3S/c1-14-10-15(2)13-25(12-14)29(27,28)18-8-6-17(7-9-18)24-20(26)11-16-4-3-5-19(22)21(16)23/h3-9,14-15H,10-13H2,1-2H3,(H,24,26). The Labute approximate surface area is 179 Å². The third-order valence-corrected chi connectivity index (χ3v) is 7.45. The van der Waals surface area contributed by atoms with Gasteiger partial charge in [0.15, 0.2) is 0 Å². The largest absolute Gasteiger partial charge is 0.326 e. The van der Waals surface area contributed by atoms with Gasteiger partial charge in [-0.1, -0.05) is 26.0 Å². The molecule has 2 aromatic rings. The van der Waals surface area contributed by atoms with Crippen molar-refractivity contribution >= 4 is 37.5 Å². The van der Waals surface area contributed by atoms with E-state index in [2.05, 4.69) is 35.1 Å². The second-order valence-corrected chi connectivity index (χ2v) is 10.5. The molecule has 8 heteroatoms. The van der Waals surface area contributed by atoms with Gasteiger partial charge in [-0.3, -0.25) is 4.79 Å². The minimum atomic E-state index is -3.57. The summed E-state index contributed by atoms with van der Waals surface area (Å²) in [6.45, 7) is 5.16. The van der Waals surface area contributed by atoms with Crippen LogP contribution in [0.3, 0.4) is 0 Å². The highest BCUT2D eigenvalue weighted by Gasteiger charge is 2.31. The number of carbonyl (C=O) groups excluding carboxylic acids is 1. The molecule has 156 valence electrons. The Morgan fingerprint density at radius 3 is 2.38 bits per heavy atom. The Balaban J connectivity index is 1.68. The van der Waals surface area contributed by atoms with E-state index in [1.807, 2.05) is 0 Å². The molecule has 1 saturated heterocycles. The summed E-state index contributed by atoms with van der Waals surface area (Å²) in [6, 6.07) is 10.9. The van der Waals surface area contributed by atoms with Gasteiger partial charge in [-0.2, -0.15) is 4.31 Å². The first-order valence-electron chi connectivity index (χ1n) is 9.49. The maximum atomic E-state index is 14.0. The van der Waals surface area contributed by atoms with Crippen LogP contribution in [0.1, 0.15) is 25.8 Å². The maximum Gasteiger partial charge on any atom is 0.243 e. The van der Waals surface area contributed by atoms with Gasteiger partial charge in [-0.25, -0.2) is 12.8 Å². The van der Waals surface area contributed by atoms with Crippen LogP contribution < -0.4 is 5.32 Å². The zero-order chi connectivity index (χ0) is 21.2. The van der Waals surface area contributed by atoms with Crippen molar-refractivity contribution in [2.24, 2.45) is 11.8 Å². The fourth-order valence-electron chi connectivity index (χ4n) is 3.72. The molecule has 3 rings (SSSR count). The summed E-state index contributed by atoms with van der Waals surface area (Å²) in [5.41, 5.74) is 0.745. The fraction of sp³-hybridized carbons (Fsp3) is 0.381. The van der Waals surface area contributed by atoms with Gasteiger partial charge in [0.05, 0.1) is 15.8 Å². The maximum absolute atomic E-state index is 14.0. The zero-order valence-corrected chi connectivity index (χ0v) is 18.8. The summed E-state index contributed by atoms with van der Waals surface area (Å²) in [4.78, 5) is 12.4. The molecule has 1 aliphatic heterocycles. The number of benzene rings is 2. The van der Waals surface area contributed by atoms with E-state index in [-0.39, 0.29) is 22.8 Å². The van der Waals surface area contributed by atoms with E-state index >= 15 is 0 Å². The number of anilines is 1. The van der Waals surface area contributed by atoms with Crippen molar-refractivity contribution in [1.82, 2.24) is 4.31 Å². The third kappa shape index (κ3) is 5.24. The van der Waals surface area contributed by atoms with Crippen LogP contribution in [0.4, 0.5) is 10.1 Å². The van der Waals surface area contributed by atoms with Gasteiger partial charge in [-0.15, -0.1) is 0 Å². The van der Waals surface area contributed by atoms with Crippen LogP contribution >= 0.6 is 15.9 Å². The van der Waals surface area contributed by atoms with Crippen LogP contribution in [0.2, 0.25) is 0 Å². The van der Waals surface area contributed by atoms with E-state index in [1.165, 1.54) is 16.4 Å². The Bertz CT molecular complexity index is 985. The summed E-state index contributed by atoms with van der Waals surface area (Å²) in [5.74, 6) is -0.193. The molecule has 1 amide bonds. The lowest BCUT2D eigenvalue weighted by Crippen LogP contribution is -2.42. The molecule has 1 N–H and O–H groups in total. The summed E-state index contributed by atoms with van der Waals surface area (Å²) in [6.07, 6.45) is 0.907. The van der Waals surface area contributed by atoms with Crippen molar-refractivity contribution in [3.8, 4) is 0 Å². The predicted octanol–water partition coefficient (Wildman–Crippen LogP) is 4.44. The molecule has 0 saturated carbocycles. The number of hydrogen-bond donors (Lipinski definition) is 1. The third-order valence-electron chi connectivity index (χ3n) is 4.99. The van der Waals surface area contributed by atoms with Crippen molar-refractivity contribution in [2.75, 3.05) is 18.4 Å². The predicted molar refractivity (Wildman–Crippen MR) is 115 cm³/mol. The van der Waals surface area contributed by atoms with Gasteiger partial charge in [0, 0.05) is 18.8 Å². The van der Waals surface area contributed by atoms with E-state index in [0.717, 1.165) is 6.42 Å². The Morgan fingerprint density at radius 1 is 1.14 bits per heavy atom. The van der Waals surface area contributed by atoms with E-state index in [0.29, 0.717) is 35.1 Å². The van der Waals surface area contributed by atoms with Gasteiger partial charge in [0.1, 0.15) is 5.82 Å². The highest BCUT2D eigenvalue weighted by molar-refractivity contribution is 9.10. The number of piperidine rings is 1. The number of amides is 1. The van der Waals surface area contributed by atoms with Crippen LogP contribution in [0, 0.1) is 17.7 Å². The van der Waals surface area contributed by atoms with Crippen LogP contribution in [0.5, 0.6) is 0 Å². The monoisotopic (exact) mass is 482 g/mol. The normalized spacial score (nSPS) is 20.4. The highest BCUT2D eigenvalue weighted by Crippen LogP contribution is 2.27. The average Bonchev–Trinajstić information content (AvgIpc) is 2.65. The second-order valence-electron chi connectivity index (χ2n) is 7.73. The smallest absolute Gasteiger partial charge is 0.243 e. The van der Waals surface area contributed by atoms with Crippen LogP contribution in [0.15, 0.2) is 51.8 Å². The minimum Gasteiger partial charge on any atom is -0.326 e. The fourth-order valence-corrected chi connectivity index (χ4v) is 5.81. The number of sulfonamides is 1. The molecule has 5 nitrogen and oxygen atoms in total. The SMILES string of the molecule is CC1CC(C)CN(S(=O)(=O)c2ccc(NC(=O)Cc3cccc(Br)c3F)cc2)C1. The van der Waals surface area contributed by atoms with Crippen molar-refractivity contribution in [3.63, 3.8) is 0 Å². The van der Waals surface area contributed by atoms with Crippen LogP contribution in [-0.2, 0) is 21.2 Å². The number of rotatable bonds is 5. The van der Waals surface area contributed by atoms with Crippen molar-refractivity contribution in [3.05, 3.63) is 58.3 Å². The quantitative estimate of drug-likeness (QED) is 0.684. The Morgan fingerprint density at radius 2 is 1.76 bits per heavy atom. The molecule has 29 heavy (non-hydrogen) atoms. The average molecular weight is 483 g/mol. The Kier molecular flexibility index (Phi) is 6.76. The molecular formula is C21H24BrFN2O3S. The summed E-state index contributed by atoms with van der Waals surface area (Å²) in [7, 11) is -3.57. The van der Waals surface area contributed by atoms with E-state index < -0.39 is 15.8 Å². The topological polar surface area (TPSA) is 66.5 Å². The summed E-state index contributed by atoms with van der Waals surface area (Å²) < 4.78 is 41.7. The molecule has 0 spiro atoms. The van der Waals surface area contributed by atoms with Gasteiger partial charge in [0.25, 0.3) is 0 Å². The molecule has 2 atom stereocenters. The molecule has 2 aromatic carbocycles. The van der Waals surface area contributed by atoms with E-state index in [4.69, 9.17) is 0 Å². The first kappa shape index (κ1) is 21.9. The lowest BCUT2D eigenvalue weighted by atomic mass is 9.94. The number of nitrogens with one attached hydrogen (secondary N) is 1. The molecule has 1 fully saturated rings. The number of hydrogen-bond acceptors (Lipinski definition) is 3. The van der Waals surface area contributed by atoms with E-state index in [1.54, 1.807) is 30.3 Å². The number of halogens is 2. The summed E-state index contributed by atoms with van der Waals surface area (Å²) in [5, 5.41) is 2.68. The first-order valence-corrected chi connectivity index (χ1v) is 11.7. The van der Waals surface area contributed by atoms with Gasteiger partial charge < -0.3 is 5.32 Å². The number of nitrogens with zero attached hydrogens (tertiary/aromatic N) is 1. The Hall–Kier alpha value is -1.77. The van der Waals surface area contributed by atoms with Crippen molar-refractivity contribution in [2.45, 2.75) is 31.6 Å². The first-order chi connectivity index (χ1) is 13.7. The van der Waals surface area contributed by atoms with Gasteiger partial charge in [0.2, 0.25) is 15.9 Å². The zero-order valence-electron chi connectivity index (χ0n) is 16.4. The van der Waals surface area contributed by atoms with Gasteiger partial charge in [-0.05, 0) is 70.1 Å². The van der Waals surface area contributed by atoms with E-state index in [9.17, 15) is 17.6 Å². The lowest BCUT2D eigenvalue weighted by molar-refractivity contribution is -0.115. The van der Waals surface area contributed by atoms with Crippen molar-refractivity contribution < 1.29 is 17.6 Å². The number of carbonyl (C=O) groups is 1. The molecule has 1 aliphatic rings. The lowest BCUT2D eigenvalue weighted by Gasteiger charge is -2.34. The molecule has 0 bridgehead atoms. The summed E-state index contributed by atoms with van der Waals surface area (Å²) >= 11 is 3.10. The second kappa shape index (κ2) is 8.93. The highest BCUT2D eigenvalue weighted by atomic mass is 79.9. The molecule has 0 aromatic heterocycles. The van der Waals surface area contributed by atoms with Crippen LogP contribution in [0.25, 0.3) is 0 Å². The van der Waals surface area contributed by atoms with Crippen molar-refractivity contribution in [1.29, 1.82) is 0 Å². The molecule has 2 unspecified atom stereocenters. The van der Waals surface area contributed by atoms with Crippen LogP contribution in [-0.4, -0.2) is 31.7 Å². The van der Waals surface area contributed by atoms with Gasteiger partial charge >= 0.3 is 0 Å². The minimum absolute atomic E-state index is 0.116.